The first kappa shape index (κ1) is 26.3. The minimum absolute atomic E-state index is 0.0957. The molecule has 1 saturated heterocycles. The molecular weight excluding hydrogens is 514 g/mol. The summed E-state index contributed by atoms with van der Waals surface area (Å²) in [4.78, 5) is 30.8. The molecule has 3 atom stereocenters. The van der Waals surface area contributed by atoms with E-state index in [1.165, 1.54) is 18.3 Å². The smallest absolute Gasteiger partial charge is 0.337 e. The maximum Gasteiger partial charge on any atom is 0.337 e. The van der Waals surface area contributed by atoms with E-state index in [0.29, 0.717) is 27.9 Å². The van der Waals surface area contributed by atoms with Crippen molar-refractivity contribution in [3.05, 3.63) is 74.9 Å². The average Bonchev–Trinajstić information content (AvgIpc) is 2.84. The molecule has 3 heterocycles. The van der Waals surface area contributed by atoms with Crippen LogP contribution in [0.25, 0.3) is 0 Å². The van der Waals surface area contributed by atoms with E-state index in [1.807, 2.05) is 4.90 Å². The van der Waals surface area contributed by atoms with Crippen molar-refractivity contribution in [2.45, 2.75) is 25.2 Å². The molecule has 0 radical (unpaired) electrons. The molecule has 1 fully saturated rings. The monoisotopic (exact) mass is 538 g/mol. The molecule has 1 aromatic carbocycles. The number of morpholine rings is 1. The molecule has 3 unspecified atom stereocenters. The van der Waals surface area contributed by atoms with Crippen LogP contribution in [0.5, 0.6) is 0 Å². The third-order valence-electron chi connectivity index (χ3n) is 5.90. The topological polar surface area (TPSA) is 113 Å². The number of benzene rings is 1. The summed E-state index contributed by atoms with van der Waals surface area (Å²) in [5.41, 5.74) is 1.31. The molecule has 3 N–H and O–H groups in total. The van der Waals surface area contributed by atoms with Gasteiger partial charge in [0.15, 0.2) is 6.10 Å². The summed E-state index contributed by atoms with van der Waals surface area (Å²) in [6.07, 6.45) is -0.361. The first-order chi connectivity index (χ1) is 17.3. The van der Waals surface area contributed by atoms with Gasteiger partial charge in [0, 0.05) is 41.6 Å². The van der Waals surface area contributed by atoms with Crippen LogP contribution in [0.3, 0.4) is 0 Å². The van der Waals surface area contributed by atoms with E-state index >= 15 is 0 Å². The molecule has 0 saturated carbocycles. The Kier molecular flexibility index (Phi) is 8.43. The van der Waals surface area contributed by atoms with Crippen LogP contribution in [0, 0.1) is 5.82 Å². The maximum absolute atomic E-state index is 14.8. The third-order valence-corrected chi connectivity index (χ3v) is 6.47. The Morgan fingerprint density at radius 3 is 2.83 bits per heavy atom. The minimum atomic E-state index is -1.07. The van der Waals surface area contributed by atoms with Gasteiger partial charge in [-0.15, -0.1) is 0 Å². The van der Waals surface area contributed by atoms with Crippen LogP contribution in [-0.4, -0.2) is 65.9 Å². The summed E-state index contributed by atoms with van der Waals surface area (Å²) in [7, 11) is 0. The molecule has 2 aromatic rings. The molecule has 4 rings (SSSR count). The number of carboxylic acid groups (broad SMARTS) is 1. The van der Waals surface area contributed by atoms with Gasteiger partial charge in [-0.2, -0.15) is 0 Å². The van der Waals surface area contributed by atoms with Gasteiger partial charge in [-0.3, -0.25) is 15.2 Å². The Labute approximate surface area is 217 Å². The number of pyridine rings is 1. The zero-order chi connectivity index (χ0) is 25.8. The van der Waals surface area contributed by atoms with E-state index in [9.17, 15) is 19.1 Å². The number of nitrogens with one attached hydrogen (secondary N) is 2. The summed E-state index contributed by atoms with van der Waals surface area (Å²) < 4.78 is 25.4. The second-order valence-corrected chi connectivity index (χ2v) is 9.10. The predicted molar refractivity (Wildman–Crippen MR) is 130 cm³/mol. The third kappa shape index (κ3) is 5.79. The van der Waals surface area contributed by atoms with Gasteiger partial charge in [0.25, 0.3) is 0 Å². The molecule has 36 heavy (non-hydrogen) atoms. The predicted octanol–water partition coefficient (Wildman–Crippen LogP) is 3.06. The fourth-order valence-corrected chi connectivity index (χ4v) is 4.77. The van der Waals surface area contributed by atoms with Crippen molar-refractivity contribution in [1.29, 1.82) is 0 Å². The number of aliphatic carboxylic acids is 1. The first-order valence-corrected chi connectivity index (χ1v) is 12.1. The fourth-order valence-electron chi connectivity index (χ4n) is 4.26. The van der Waals surface area contributed by atoms with E-state index < -0.39 is 36.1 Å². The van der Waals surface area contributed by atoms with Crippen LogP contribution in [0.4, 0.5) is 4.39 Å². The quantitative estimate of drug-likeness (QED) is 0.457. The lowest BCUT2D eigenvalue weighted by Gasteiger charge is -2.39. The van der Waals surface area contributed by atoms with Crippen LogP contribution in [0.1, 0.15) is 30.4 Å². The summed E-state index contributed by atoms with van der Waals surface area (Å²) in [6, 6.07) is 6.86. The van der Waals surface area contributed by atoms with Gasteiger partial charge >= 0.3 is 11.9 Å². The second-order valence-electron chi connectivity index (χ2n) is 8.26. The Morgan fingerprint density at radius 2 is 2.14 bits per heavy atom. The van der Waals surface area contributed by atoms with Gasteiger partial charge in [0.1, 0.15) is 17.7 Å². The summed E-state index contributed by atoms with van der Waals surface area (Å²) in [5, 5.41) is 16.5. The number of rotatable bonds is 7. The second kappa shape index (κ2) is 11.5. The number of carbonyl (C=O) groups excluding carboxylic acids is 1. The number of nitrogens with zero attached hydrogens (tertiary/aromatic N) is 2. The Bertz CT molecular complexity index is 1180. The summed E-state index contributed by atoms with van der Waals surface area (Å²) in [5.74, 6) is -2.21. The SMILES string of the molecule is CCOC(=O)C1=C(CN2CCOC(C(=O)O)C2)NC(c2ncccc2F)NC1c1ccc(Cl)cc1Cl. The molecule has 9 nitrogen and oxygen atoms in total. The molecule has 2 aliphatic rings. The van der Waals surface area contributed by atoms with Crippen molar-refractivity contribution in [3.63, 3.8) is 0 Å². The highest BCUT2D eigenvalue weighted by atomic mass is 35.5. The standard InChI is InChI=1S/C24H25Cl2FN4O5/c1-2-35-24(34)19-17(11-31-8-9-36-18(12-31)23(32)33)29-22(21-16(27)4-3-7-28-21)30-20(19)14-6-5-13(25)10-15(14)26/h3-7,10,18,20,22,29-30H,2,8-9,11-12H2,1H3,(H,32,33). The van der Waals surface area contributed by atoms with Crippen LogP contribution in [-0.2, 0) is 19.1 Å². The van der Waals surface area contributed by atoms with Gasteiger partial charge in [-0.25, -0.2) is 14.0 Å². The number of carbonyl (C=O) groups is 2. The van der Waals surface area contributed by atoms with Crippen molar-refractivity contribution in [3.8, 4) is 0 Å². The number of aromatic nitrogens is 1. The number of ether oxygens (including phenoxy) is 2. The molecule has 0 aliphatic carbocycles. The number of carboxylic acids is 1. The molecule has 12 heteroatoms. The van der Waals surface area contributed by atoms with Gasteiger partial charge in [0.2, 0.25) is 0 Å². The average molecular weight is 539 g/mol. The molecule has 192 valence electrons. The minimum Gasteiger partial charge on any atom is -0.479 e. The van der Waals surface area contributed by atoms with E-state index in [-0.39, 0.29) is 37.6 Å². The molecule has 0 spiro atoms. The zero-order valence-electron chi connectivity index (χ0n) is 19.3. The van der Waals surface area contributed by atoms with E-state index in [1.54, 1.807) is 25.1 Å². The highest BCUT2D eigenvalue weighted by molar-refractivity contribution is 6.35. The van der Waals surface area contributed by atoms with Crippen LogP contribution < -0.4 is 10.6 Å². The maximum atomic E-state index is 14.8. The van der Waals surface area contributed by atoms with Gasteiger partial charge in [0.05, 0.1) is 24.8 Å². The molecule has 2 aliphatic heterocycles. The number of hydrogen-bond donors (Lipinski definition) is 3. The lowest BCUT2D eigenvalue weighted by molar-refractivity contribution is -0.155. The lowest BCUT2D eigenvalue weighted by Crippen LogP contribution is -2.51. The van der Waals surface area contributed by atoms with Crippen molar-refractivity contribution >= 4 is 35.1 Å². The Balaban J connectivity index is 1.80. The van der Waals surface area contributed by atoms with Gasteiger partial charge in [-0.05, 0) is 36.8 Å². The molecule has 0 amide bonds. The van der Waals surface area contributed by atoms with E-state index in [2.05, 4.69) is 15.6 Å². The highest BCUT2D eigenvalue weighted by Gasteiger charge is 2.38. The largest absolute Gasteiger partial charge is 0.479 e. The van der Waals surface area contributed by atoms with Crippen LogP contribution in [0.15, 0.2) is 47.8 Å². The molecule has 1 aromatic heterocycles. The summed E-state index contributed by atoms with van der Waals surface area (Å²) >= 11 is 12.6. The highest BCUT2D eigenvalue weighted by Crippen LogP contribution is 2.37. The fraction of sp³-hybridized carbons (Fsp3) is 0.375. The van der Waals surface area contributed by atoms with Crippen molar-refractivity contribution in [1.82, 2.24) is 20.5 Å². The number of esters is 1. The number of halogens is 3. The number of hydrogen-bond acceptors (Lipinski definition) is 8. The van der Waals surface area contributed by atoms with Crippen LogP contribution in [0.2, 0.25) is 10.0 Å². The molecular formula is C24H25Cl2FN4O5. The summed E-state index contributed by atoms with van der Waals surface area (Å²) in [6.45, 7) is 2.75. The van der Waals surface area contributed by atoms with Crippen LogP contribution >= 0.6 is 23.2 Å². The van der Waals surface area contributed by atoms with Crippen molar-refractivity contribution < 1.29 is 28.6 Å². The van der Waals surface area contributed by atoms with E-state index in [4.69, 9.17) is 32.7 Å². The van der Waals surface area contributed by atoms with E-state index in [0.717, 1.165) is 0 Å². The normalized spacial score (nSPS) is 22.7. The van der Waals surface area contributed by atoms with Gasteiger partial charge in [-0.1, -0.05) is 29.3 Å². The van der Waals surface area contributed by atoms with Crippen molar-refractivity contribution in [2.24, 2.45) is 0 Å². The zero-order valence-corrected chi connectivity index (χ0v) is 20.9. The molecule has 0 bridgehead atoms. The van der Waals surface area contributed by atoms with Gasteiger partial charge < -0.3 is 19.9 Å². The Morgan fingerprint density at radius 1 is 1.33 bits per heavy atom. The van der Waals surface area contributed by atoms with Crippen molar-refractivity contribution in [2.75, 3.05) is 32.8 Å². The first-order valence-electron chi connectivity index (χ1n) is 11.3. The lowest BCUT2D eigenvalue weighted by atomic mass is 9.93. The Hall–Kier alpha value is -2.76.